The molecule has 0 bridgehead atoms. The van der Waals surface area contributed by atoms with Crippen LogP contribution < -0.4 is 0 Å². The molecule has 0 nitrogen and oxygen atoms in total. The molecule has 3 atom stereocenters. The summed E-state index contributed by atoms with van der Waals surface area (Å²) in [6.07, 6.45) is 11.8. The third kappa shape index (κ3) is 4.89. The molecule has 1 aliphatic carbocycles. The van der Waals surface area contributed by atoms with E-state index in [4.69, 9.17) is 0 Å². The van der Waals surface area contributed by atoms with Gasteiger partial charge in [-0.15, -0.1) is 0 Å². The first-order valence-electron chi connectivity index (χ1n) is 7.63. The summed E-state index contributed by atoms with van der Waals surface area (Å²) < 4.78 is 0. The van der Waals surface area contributed by atoms with Crippen molar-refractivity contribution in [2.75, 3.05) is 0 Å². The number of hydrogen-bond donors (Lipinski definition) is 0. The van der Waals surface area contributed by atoms with Crippen LogP contribution in [0.25, 0.3) is 0 Å². The molecule has 0 aromatic rings. The van der Waals surface area contributed by atoms with Crippen LogP contribution in [-0.4, -0.2) is 0 Å². The van der Waals surface area contributed by atoms with E-state index >= 15 is 0 Å². The summed E-state index contributed by atoms with van der Waals surface area (Å²) in [6, 6.07) is 0. The molecule has 3 unspecified atom stereocenters. The first-order chi connectivity index (χ1) is 7.63. The van der Waals surface area contributed by atoms with E-state index in [9.17, 15) is 0 Å². The van der Waals surface area contributed by atoms with Crippen LogP contribution in [0.3, 0.4) is 0 Å². The summed E-state index contributed by atoms with van der Waals surface area (Å²) >= 11 is 0. The van der Waals surface area contributed by atoms with Crippen LogP contribution in [0.4, 0.5) is 0 Å². The Morgan fingerprint density at radius 1 is 0.938 bits per heavy atom. The van der Waals surface area contributed by atoms with Gasteiger partial charge in [-0.2, -0.15) is 0 Å². The lowest BCUT2D eigenvalue weighted by Gasteiger charge is -2.21. The van der Waals surface area contributed by atoms with Crippen molar-refractivity contribution in [3.8, 4) is 0 Å². The maximum Gasteiger partial charge on any atom is -0.0412 e. The van der Waals surface area contributed by atoms with Crippen molar-refractivity contribution >= 4 is 0 Å². The van der Waals surface area contributed by atoms with Gasteiger partial charge in [0.2, 0.25) is 0 Å². The number of hydrogen-bond acceptors (Lipinski definition) is 0. The van der Waals surface area contributed by atoms with E-state index in [1.807, 2.05) is 0 Å². The SMILES string of the molecule is CCC(C)C(C)CCC(C)CC1CCCC1. The van der Waals surface area contributed by atoms with Crippen molar-refractivity contribution < 1.29 is 0 Å². The highest BCUT2D eigenvalue weighted by Gasteiger charge is 2.18. The molecule has 0 heterocycles. The van der Waals surface area contributed by atoms with Crippen LogP contribution in [0.2, 0.25) is 0 Å². The van der Waals surface area contributed by atoms with E-state index in [2.05, 4.69) is 27.7 Å². The van der Waals surface area contributed by atoms with Crippen LogP contribution in [0.15, 0.2) is 0 Å². The van der Waals surface area contributed by atoms with Gasteiger partial charge < -0.3 is 0 Å². The van der Waals surface area contributed by atoms with Crippen molar-refractivity contribution in [2.24, 2.45) is 23.7 Å². The maximum atomic E-state index is 2.47. The first kappa shape index (κ1) is 14.1. The van der Waals surface area contributed by atoms with E-state index in [1.165, 1.54) is 51.4 Å². The third-order valence-corrected chi connectivity index (χ3v) is 4.94. The van der Waals surface area contributed by atoms with E-state index < -0.39 is 0 Å². The fourth-order valence-electron chi connectivity index (χ4n) is 3.17. The summed E-state index contributed by atoms with van der Waals surface area (Å²) in [6.45, 7) is 9.65. The zero-order chi connectivity index (χ0) is 12.0. The minimum Gasteiger partial charge on any atom is -0.0651 e. The molecule has 0 aliphatic heterocycles. The monoisotopic (exact) mass is 224 g/mol. The topological polar surface area (TPSA) is 0 Å². The molecule has 0 radical (unpaired) electrons. The van der Waals surface area contributed by atoms with Gasteiger partial charge in [-0.3, -0.25) is 0 Å². The van der Waals surface area contributed by atoms with Gasteiger partial charge in [-0.1, -0.05) is 72.6 Å². The molecule has 96 valence electrons. The second-order valence-corrected chi connectivity index (χ2v) is 6.43. The highest BCUT2D eigenvalue weighted by molar-refractivity contribution is 4.71. The molecule has 1 aliphatic rings. The van der Waals surface area contributed by atoms with Crippen molar-refractivity contribution in [1.82, 2.24) is 0 Å². The fourth-order valence-corrected chi connectivity index (χ4v) is 3.17. The maximum absolute atomic E-state index is 2.47. The highest BCUT2D eigenvalue weighted by Crippen LogP contribution is 2.32. The van der Waals surface area contributed by atoms with Gasteiger partial charge in [-0.25, -0.2) is 0 Å². The lowest BCUT2D eigenvalue weighted by molar-refractivity contribution is 0.300. The predicted octanol–water partition coefficient (Wildman–Crippen LogP) is 5.67. The van der Waals surface area contributed by atoms with E-state index in [-0.39, 0.29) is 0 Å². The lowest BCUT2D eigenvalue weighted by atomic mass is 9.84. The van der Waals surface area contributed by atoms with Crippen molar-refractivity contribution in [3.05, 3.63) is 0 Å². The van der Waals surface area contributed by atoms with Crippen molar-refractivity contribution in [2.45, 2.75) is 79.1 Å². The molecule has 1 fully saturated rings. The Labute approximate surface area is 103 Å². The average molecular weight is 224 g/mol. The first-order valence-corrected chi connectivity index (χ1v) is 7.63. The Kier molecular flexibility index (Phi) is 6.46. The summed E-state index contributed by atoms with van der Waals surface area (Å²) in [4.78, 5) is 0. The van der Waals surface area contributed by atoms with Crippen molar-refractivity contribution in [1.29, 1.82) is 0 Å². The van der Waals surface area contributed by atoms with Gasteiger partial charge in [0.1, 0.15) is 0 Å². The van der Waals surface area contributed by atoms with E-state index in [0.29, 0.717) is 0 Å². The Bertz CT molecular complexity index is 167. The van der Waals surface area contributed by atoms with Crippen LogP contribution in [0, 0.1) is 23.7 Å². The smallest absolute Gasteiger partial charge is 0.0412 e. The Hall–Kier alpha value is 0. The van der Waals surface area contributed by atoms with Crippen LogP contribution in [0.1, 0.15) is 79.1 Å². The molecular formula is C16H32. The van der Waals surface area contributed by atoms with Crippen LogP contribution in [-0.2, 0) is 0 Å². The van der Waals surface area contributed by atoms with Gasteiger partial charge >= 0.3 is 0 Å². The average Bonchev–Trinajstić information content (AvgIpc) is 2.77. The fraction of sp³-hybridized carbons (Fsp3) is 1.00. The third-order valence-electron chi connectivity index (χ3n) is 4.94. The van der Waals surface area contributed by atoms with Gasteiger partial charge in [-0.05, 0) is 30.1 Å². The number of rotatable bonds is 7. The lowest BCUT2D eigenvalue weighted by Crippen LogP contribution is -2.10. The molecule has 0 N–H and O–H groups in total. The second kappa shape index (κ2) is 7.35. The Morgan fingerprint density at radius 3 is 2.12 bits per heavy atom. The second-order valence-electron chi connectivity index (χ2n) is 6.43. The molecule has 1 rings (SSSR count). The summed E-state index contributed by atoms with van der Waals surface area (Å²) in [5.41, 5.74) is 0. The van der Waals surface area contributed by atoms with E-state index in [0.717, 1.165) is 23.7 Å². The summed E-state index contributed by atoms with van der Waals surface area (Å²) in [7, 11) is 0. The van der Waals surface area contributed by atoms with Crippen LogP contribution >= 0.6 is 0 Å². The molecule has 0 aromatic heterocycles. The minimum absolute atomic E-state index is 0.915. The Morgan fingerprint density at radius 2 is 1.56 bits per heavy atom. The highest BCUT2D eigenvalue weighted by atomic mass is 14.2. The molecule has 16 heavy (non-hydrogen) atoms. The molecule has 1 saturated carbocycles. The predicted molar refractivity (Wildman–Crippen MR) is 73.6 cm³/mol. The van der Waals surface area contributed by atoms with E-state index in [1.54, 1.807) is 0 Å². The minimum atomic E-state index is 0.915. The zero-order valence-corrected chi connectivity index (χ0v) is 12.0. The van der Waals surface area contributed by atoms with Gasteiger partial charge in [0.25, 0.3) is 0 Å². The van der Waals surface area contributed by atoms with Crippen LogP contribution in [0.5, 0.6) is 0 Å². The standard InChI is InChI=1S/C16H32/c1-5-14(3)15(4)11-10-13(2)12-16-8-6-7-9-16/h13-16H,5-12H2,1-4H3. The largest absolute Gasteiger partial charge is 0.0651 e. The van der Waals surface area contributed by atoms with Gasteiger partial charge in [0.05, 0.1) is 0 Å². The Balaban J connectivity index is 2.11. The molecule has 0 amide bonds. The normalized spacial score (nSPS) is 23.2. The summed E-state index contributed by atoms with van der Waals surface area (Å²) in [5, 5.41) is 0. The molecule has 0 aromatic carbocycles. The summed E-state index contributed by atoms with van der Waals surface area (Å²) in [5.74, 6) is 3.89. The quantitative estimate of drug-likeness (QED) is 0.523. The molecule has 0 spiro atoms. The molecular weight excluding hydrogens is 192 g/mol. The molecule has 0 saturated heterocycles. The van der Waals surface area contributed by atoms with Gasteiger partial charge in [0.15, 0.2) is 0 Å². The van der Waals surface area contributed by atoms with Gasteiger partial charge in [0, 0.05) is 0 Å². The zero-order valence-electron chi connectivity index (χ0n) is 12.0. The van der Waals surface area contributed by atoms with Crippen molar-refractivity contribution in [3.63, 3.8) is 0 Å². The molecule has 0 heteroatoms.